The maximum absolute atomic E-state index is 13.0. The Morgan fingerprint density at radius 2 is 2.35 bits per heavy atom. The van der Waals surface area contributed by atoms with Crippen LogP contribution in [-0.2, 0) is 11.2 Å². The lowest BCUT2D eigenvalue weighted by Gasteiger charge is -2.02. The van der Waals surface area contributed by atoms with E-state index in [1.165, 1.54) is 19.2 Å². The molecule has 2 aromatic rings. The molecule has 1 heterocycles. The molecule has 0 bridgehead atoms. The van der Waals surface area contributed by atoms with Gasteiger partial charge in [-0.1, -0.05) is 35.1 Å². The first-order valence-electron chi connectivity index (χ1n) is 5.83. The van der Waals surface area contributed by atoms with Crippen LogP contribution in [0.1, 0.15) is 15.2 Å². The molecule has 0 atom stereocenters. The van der Waals surface area contributed by atoms with Crippen molar-refractivity contribution in [2.45, 2.75) is 6.42 Å². The number of hydrogen-bond donors (Lipinski definition) is 1. The number of nitrogens with zero attached hydrogens (tertiary/aromatic N) is 1. The molecule has 0 aliphatic carbocycles. The Bertz CT molecular complexity index is 618. The molecule has 2 rings (SSSR count). The first kappa shape index (κ1) is 14.7. The van der Waals surface area contributed by atoms with Crippen LogP contribution in [0.25, 0.3) is 0 Å². The van der Waals surface area contributed by atoms with E-state index in [1.54, 1.807) is 6.07 Å². The number of halogens is 2. The molecule has 106 valence electrons. The largest absolute Gasteiger partial charge is 0.465 e. The van der Waals surface area contributed by atoms with Crippen LogP contribution < -0.4 is 5.32 Å². The van der Waals surface area contributed by atoms with Crippen LogP contribution in [0.15, 0.2) is 24.3 Å². The third-order valence-electron chi connectivity index (χ3n) is 2.54. The lowest BCUT2D eigenvalue weighted by Crippen LogP contribution is -2.04. The fourth-order valence-electron chi connectivity index (χ4n) is 1.60. The van der Waals surface area contributed by atoms with Crippen molar-refractivity contribution in [1.82, 2.24) is 4.98 Å². The average molecular weight is 315 g/mol. The summed E-state index contributed by atoms with van der Waals surface area (Å²) in [5, 5.41) is 3.70. The summed E-state index contributed by atoms with van der Waals surface area (Å²) in [4.78, 5) is 15.7. The minimum Gasteiger partial charge on any atom is -0.465 e. The van der Waals surface area contributed by atoms with Crippen LogP contribution in [0.2, 0.25) is 5.15 Å². The fourth-order valence-corrected chi connectivity index (χ4v) is 2.73. The zero-order chi connectivity index (χ0) is 14.5. The zero-order valence-electron chi connectivity index (χ0n) is 10.7. The van der Waals surface area contributed by atoms with Gasteiger partial charge in [-0.2, -0.15) is 0 Å². The third kappa shape index (κ3) is 3.68. The van der Waals surface area contributed by atoms with Crippen LogP contribution in [0.3, 0.4) is 0 Å². The molecule has 1 N–H and O–H groups in total. The number of methoxy groups -OCH3 is 1. The molecule has 0 aliphatic rings. The molecule has 20 heavy (non-hydrogen) atoms. The first-order chi connectivity index (χ1) is 9.60. The molecule has 0 aliphatic heterocycles. The first-order valence-corrected chi connectivity index (χ1v) is 7.02. The summed E-state index contributed by atoms with van der Waals surface area (Å²) < 4.78 is 17.6. The van der Waals surface area contributed by atoms with E-state index in [-0.39, 0.29) is 15.8 Å². The monoisotopic (exact) mass is 314 g/mol. The van der Waals surface area contributed by atoms with E-state index in [4.69, 9.17) is 11.6 Å². The quantitative estimate of drug-likeness (QED) is 0.860. The third-order valence-corrected chi connectivity index (χ3v) is 3.91. The molecule has 7 heteroatoms. The predicted octanol–water partition coefficient (Wildman–Crippen LogP) is 3.38. The van der Waals surface area contributed by atoms with E-state index in [1.807, 2.05) is 6.07 Å². The number of anilines is 1. The second-order valence-electron chi connectivity index (χ2n) is 3.94. The van der Waals surface area contributed by atoms with Gasteiger partial charge < -0.3 is 10.1 Å². The van der Waals surface area contributed by atoms with Crippen LogP contribution in [0, 0.1) is 5.82 Å². The molecule has 0 fully saturated rings. The maximum Gasteiger partial charge on any atom is 0.351 e. The zero-order valence-corrected chi connectivity index (χ0v) is 12.2. The van der Waals surface area contributed by atoms with Crippen molar-refractivity contribution in [1.29, 1.82) is 0 Å². The van der Waals surface area contributed by atoms with Gasteiger partial charge in [-0.05, 0) is 24.1 Å². The summed E-state index contributed by atoms with van der Waals surface area (Å²) in [5.74, 6) is -0.765. The molecule has 0 saturated carbocycles. The fraction of sp³-hybridized carbons (Fsp3) is 0.231. The standard InChI is InChI=1S/C13H12ClFN2O2S/c1-19-12(18)10-11(14)17-13(20-10)16-6-5-8-3-2-4-9(15)7-8/h2-4,7H,5-6H2,1H3,(H,16,17). The molecule has 0 spiro atoms. The molecule has 0 unspecified atom stereocenters. The van der Waals surface area contributed by atoms with E-state index in [0.29, 0.717) is 18.1 Å². The normalized spacial score (nSPS) is 10.3. The van der Waals surface area contributed by atoms with Gasteiger partial charge in [-0.15, -0.1) is 0 Å². The number of ether oxygens (including phenoxy) is 1. The Labute approximate surface area is 124 Å². The van der Waals surface area contributed by atoms with E-state index in [9.17, 15) is 9.18 Å². The molecular weight excluding hydrogens is 303 g/mol. The SMILES string of the molecule is COC(=O)c1sc(NCCc2cccc(F)c2)nc1Cl. The number of thiazole rings is 1. The number of aromatic nitrogens is 1. The molecule has 1 aromatic carbocycles. The summed E-state index contributed by atoms with van der Waals surface area (Å²) in [6, 6.07) is 6.40. The van der Waals surface area contributed by atoms with Gasteiger partial charge in [0, 0.05) is 6.54 Å². The van der Waals surface area contributed by atoms with Crippen molar-refractivity contribution in [3.8, 4) is 0 Å². The van der Waals surface area contributed by atoms with Gasteiger partial charge in [0.1, 0.15) is 5.82 Å². The van der Waals surface area contributed by atoms with Crippen molar-refractivity contribution in [2.24, 2.45) is 0 Å². The maximum atomic E-state index is 13.0. The van der Waals surface area contributed by atoms with Gasteiger partial charge in [0.2, 0.25) is 0 Å². The number of esters is 1. The molecule has 0 radical (unpaired) electrons. The highest BCUT2D eigenvalue weighted by molar-refractivity contribution is 7.18. The topological polar surface area (TPSA) is 51.2 Å². The Balaban J connectivity index is 1.93. The summed E-state index contributed by atoms with van der Waals surface area (Å²) in [5.41, 5.74) is 0.883. The van der Waals surface area contributed by atoms with Crippen molar-refractivity contribution in [2.75, 3.05) is 19.0 Å². The van der Waals surface area contributed by atoms with E-state index < -0.39 is 5.97 Å². The second kappa shape index (κ2) is 6.67. The van der Waals surface area contributed by atoms with E-state index in [0.717, 1.165) is 16.9 Å². The van der Waals surface area contributed by atoms with Gasteiger partial charge in [-0.25, -0.2) is 14.2 Å². The highest BCUT2D eigenvalue weighted by atomic mass is 35.5. The number of carbonyl (C=O) groups excluding carboxylic acids is 1. The molecule has 0 saturated heterocycles. The van der Waals surface area contributed by atoms with Gasteiger partial charge in [0.05, 0.1) is 7.11 Å². The number of rotatable bonds is 5. The highest BCUT2D eigenvalue weighted by Crippen LogP contribution is 2.27. The summed E-state index contributed by atoms with van der Waals surface area (Å²) in [6.07, 6.45) is 0.641. The average Bonchev–Trinajstić information content (AvgIpc) is 2.79. The lowest BCUT2D eigenvalue weighted by atomic mass is 10.1. The summed E-state index contributed by atoms with van der Waals surface area (Å²) >= 11 is 6.97. The second-order valence-corrected chi connectivity index (χ2v) is 5.29. The summed E-state index contributed by atoms with van der Waals surface area (Å²) in [7, 11) is 1.29. The molecular formula is C13H12ClFN2O2S. The van der Waals surface area contributed by atoms with Gasteiger partial charge in [0.15, 0.2) is 15.2 Å². The van der Waals surface area contributed by atoms with Gasteiger partial charge in [-0.3, -0.25) is 0 Å². The molecule has 0 amide bonds. The minimum atomic E-state index is -0.509. The van der Waals surface area contributed by atoms with Crippen LogP contribution >= 0.6 is 22.9 Å². The Hall–Kier alpha value is -1.66. The van der Waals surface area contributed by atoms with Crippen LogP contribution in [0.4, 0.5) is 9.52 Å². The van der Waals surface area contributed by atoms with Gasteiger partial charge >= 0.3 is 5.97 Å². The molecule has 1 aromatic heterocycles. The van der Waals surface area contributed by atoms with Crippen LogP contribution in [-0.4, -0.2) is 24.6 Å². The predicted molar refractivity (Wildman–Crippen MR) is 77.1 cm³/mol. The Morgan fingerprint density at radius 3 is 3.05 bits per heavy atom. The van der Waals surface area contributed by atoms with Crippen molar-refractivity contribution < 1.29 is 13.9 Å². The van der Waals surface area contributed by atoms with Crippen molar-refractivity contribution in [3.63, 3.8) is 0 Å². The molecule has 4 nitrogen and oxygen atoms in total. The number of nitrogens with one attached hydrogen (secondary N) is 1. The van der Waals surface area contributed by atoms with Crippen LogP contribution in [0.5, 0.6) is 0 Å². The number of hydrogen-bond acceptors (Lipinski definition) is 5. The summed E-state index contributed by atoms with van der Waals surface area (Å²) in [6.45, 7) is 0.563. The van der Waals surface area contributed by atoms with Gasteiger partial charge in [0.25, 0.3) is 0 Å². The van der Waals surface area contributed by atoms with Crippen molar-refractivity contribution >= 4 is 34.0 Å². The Kier molecular flexibility index (Phi) is 4.92. The smallest absolute Gasteiger partial charge is 0.351 e. The van der Waals surface area contributed by atoms with E-state index in [2.05, 4.69) is 15.0 Å². The van der Waals surface area contributed by atoms with Crippen molar-refractivity contribution in [3.05, 3.63) is 45.7 Å². The lowest BCUT2D eigenvalue weighted by molar-refractivity contribution is 0.0606. The Morgan fingerprint density at radius 1 is 1.55 bits per heavy atom. The number of benzene rings is 1. The highest BCUT2D eigenvalue weighted by Gasteiger charge is 2.16. The minimum absolute atomic E-state index is 0.120. The number of carbonyl (C=O) groups is 1. The van der Waals surface area contributed by atoms with E-state index >= 15 is 0 Å².